The highest BCUT2D eigenvalue weighted by Crippen LogP contribution is 2.37. The molecule has 1 aliphatic heterocycles. The first kappa shape index (κ1) is 35.7. The number of fused-ring (bicyclic) bond motifs is 1. The van der Waals surface area contributed by atoms with Gasteiger partial charge in [-0.3, -0.25) is 19.2 Å². The van der Waals surface area contributed by atoms with Crippen LogP contribution in [0, 0.1) is 0 Å². The van der Waals surface area contributed by atoms with Crippen molar-refractivity contribution in [2.24, 2.45) is 0 Å². The van der Waals surface area contributed by atoms with Gasteiger partial charge in [0.15, 0.2) is 18.0 Å². The second-order valence-electron chi connectivity index (χ2n) is 10.9. The maximum Gasteiger partial charge on any atom is 0.383 e. The van der Waals surface area contributed by atoms with Crippen LogP contribution < -0.4 is 19.8 Å². The molecule has 0 saturated carbocycles. The summed E-state index contributed by atoms with van der Waals surface area (Å²) in [5.74, 6) is -2.79. The zero-order valence-electron chi connectivity index (χ0n) is 27.3. The molecule has 1 aromatic heterocycles. The molecule has 0 aliphatic carbocycles. The fraction of sp³-hybridized carbons (Fsp3) is 0.441. The Morgan fingerprint density at radius 2 is 1.44 bits per heavy atom. The van der Waals surface area contributed by atoms with E-state index < -0.39 is 66.8 Å². The third kappa shape index (κ3) is 9.47. The molecule has 2 heterocycles. The van der Waals surface area contributed by atoms with Gasteiger partial charge in [0.2, 0.25) is 18.1 Å². The molecule has 5 atom stereocenters. The van der Waals surface area contributed by atoms with E-state index in [2.05, 4.69) is 0 Å². The van der Waals surface area contributed by atoms with Gasteiger partial charge in [0, 0.05) is 33.8 Å². The van der Waals surface area contributed by atoms with Gasteiger partial charge >= 0.3 is 29.5 Å². The highest BCUT2D eigenvalue weighted by atomic mass is 16.7. The number of esters is 4. The molecule has 0 spiro atoms. The van der Waals surface area contributed by atoms with Crippen molar-refractivity contribution < 1.29 is 61.5 Å². The van der Waals surface area contributed by atoms with Gasteiger partial charge < -0.3 is 42.3 Å². The summed E-state index contributed by atoms with van der Waals surface area (Å²) in [5.41, 5.74) is 0.169. The summed E-state index contributed by atoms with van der Waals surface area (Å²) >= 11 is 0. The minimum absolute atomic E-state index is 0.0693. The van der Waals surface area contributed by atoms with Gasteiger partial charge in [-0.25, -0.2) is 4.79 Å². The summed E-state index contributed by atoms with van der Waals surface area (Å²) in [5, 5.41) is 0.408. The molecular weight excluding hydrogens is 632 g/mol. The molecule has 0 radical (unpaired) electrons. The van der Waals surface area contributed by atoms with Crippen molar-refractivity contribution in [3.63, 3.8) is 0 Å². The Hall–Kier alpha value is -5.11. The maximum absolute atomic E-state index is 13.1. The van der Waals surface area contributed by atoms with Gasteiger partial charge in [0.1, 0.15) is 30.7 Å². The molecule has 14 heteroatoms. The second kappa shape index (κ2) is 16.6. The first-order chi connectivity index (χ1) is 23.0. The van der Waals surface area contributed by atoms with E-state index in [1.165, 1.54) is 19.1 Å². The average molecular weight is 671 g/mol. The van der Waals surface area contributed by atoms with Crippen molar-refractivity contribution in [1.82, 2.24) is 0 Å². The molecular formula is C34H38O14. The lowest BCUT2D eigenvalue weighted by molar-refractivity contribution is -0.288. The third-order valence-corrected chi connectivity index (χ3v) is 6.96. The van der Waals surface area contributed by atoms with Crippen LogP contribution in [0.15, 0.2) is 57.7 Å². The van der Waals surface area contributed by atoms with E-state index in [9.17, 15) is 24.0 Å². The average Bonchev–Trinajstić information content (AvgIpc) is 3.02. The van der Waals surface area contributed by atoms with Gasteiger partial charge in [-0.05, 0) is 24.1 Å². The van der Waals surface area contributed by atoms with E-state index in [4.69, 9.17) is 42.3 Å². The third-order valence-electron chi connectivity index (χ3n) is 6.96. The SMILES string of the molecule is CCCCOc1c(OCc2ccccc2)c2ccc(O[C@H]3O[C@H](COC(C)=O)[C@@H](OC(C)=O)[C@H](OC(C)=O)[C@@H]3OC(C)=O)cc2oc1=O. The van der Waals surface area contributed by atoms with Crippen LogP contribution in [0.2, 0.25) is 0 Å². The molecule has 258 valence electrons. The maximum atomic E-state index is 13.1. The summed E-state index contributed by atoms with van der Waals surface area (Å²) < 4.78 is 51.0. The number of rotatable bonds is 14. The minimum Gasteiger partial charge on any atom is -0.484 e. The number of ether oxygens (including phenoxy) is 8. The van der Waals surface area contributed by atoms with Gasteiger partial charge in [-0.2, -0.15) is 0 Å². The van der Waals surface area contributed by atoms with E-state index >= 15 is 0 Å². The Morgan fingerprint density at radius 3 is 2.08 bits per heavy atom. The number of carbonyl (C=O) groups excluding carboxylic acids is 4. The topological polar surface area (TPSA) is 172 Å². The molecule has 1 saturated heterocycles. The first-order valence-corrected chi connectivity index (χ1v) is 15.3. The zero-order chi connectivity index (χ0) is 34.8. The number of hydrogen-bond donors (Lipinski definition) is 0. The first-order valence-electron chi connectivity index (χ1n) is 15.3. The molecule has 0 N–H and O–H groups in total. The van der Waals surface area contributed by atoms with Crippen LogP contribution in [0.1, 0.15) is 53.0 Å². The van der Waals surface area contributed by atoms with Crippen molar-refractivity contribution in [2.45, 2.75) is 84.8 Å². The van der Waals surface area contributed by atoms with Crippen molar-refractivity contribution in [3.8, 4) is 17.2 Å². The normalized spacial score (nSPS) is 20.3. The van der Waals surface area contributed by atoms with Gasteiger partial charge in [-0.15, -0.1) is 0 Å². The fourth-order valence-electron chi connectivity index (χ4n) is 4.94. The van der Waals surface area contributed by atoms with Crippen LogP contribution in [0.5, 0.6) is 17.2 Å². The molecule has 4 rings (SSSR count). The summed E-state index contributed by atoms with van der Waals surface area (Å²) in [6.45, 7) is 6.52. The number of benzene rings is 2. The van der Waals surface area contributed by atoms with E-state index in [1.54, 1.807) is 6.07 Å². The van der Waals surface area contributed by atoms with Crippen molar-refractivity contribution in [3.05, 3.63) is 64.5 Å². The smallest absolute Gasteiger partial charge is 0.383 e. The molecule has 2 aromatic carbocycles. The number of unbranched alkanes of at least 4 members (excludes halogenated alkanes) is 1. The van der Waals surface area contributed by atoms with Crippen LogP contribution in [0.25, 0.3) is 11.0 Å². The van der Waals surface area contributed by atoms with Crippen LogP contribution in [-0.4, -0.2) is 67.8 Å². The molecule has 14 nitrogen and oxygen atoms in total. The number of carbonyl (C=O) groups is 4. The predicted octanol–water partition coefficient (Wildman–Crippen LogP) is 4.01. The second-order valence-corrected chi connectivity index (χ2v) is 10.9. The number of hydrogen-bond acceptors (Lipinski definition) is 14. The van der Waals surface area contributed by atoms with Crippen molar-refractivity contribution in [1.29, 1.82) is 0 Å². The lowest BCUT2D eigenvalue weighted by Gasteiger charge is -2.43. The quantitative estimate of drug-likeness (QED) is 0.104. The minimum atomic E-state index is -1.49. The van der Waals surface area contributed by atoms with Crippen LogP contribution in [-0.2, 0) is 49.5 Å². The Morgan fingerprint density at radius 1 is 0.771 bits per heavy atom. The molecule has 3 aromatic rings. The predicted molar refractivity (Wildman–Crippen MR) is 166 cm³/mol. The van der Waals surface area contributed by atoms with Crippen LogP contribution in [0.4, 0.5) is 0 Å². The van der Waals surface area contributed by atoms with Gasteiger partial charge in [0.05, 0.1) is 12.0 Å². The lowest BCUT2D eigenvalue weighted by Crippen LogP contribution is -2.63. The monoisotopic (exact) mass is 670 g/mol. The summed E-state index contributed by atoms with van der Waals surface area (Å²) in [7, 11) is 0. The fourth-order valence-corrected chi connectivity index (χ4v) is 4.94. The lowest BCUT2D eigenvalue weighted by atomic mass is 9.98. The summed E-state index contributed by atoms with van der Waals surface area (Å²) in [4.78, 5) is 61.1. The Balaban J connectivity index is 1.73. The van der Waals surface area contributed by atoms with E-state index in [0.29, 0.717) is 11.8 Å². The van der Waals surface area contributed by atoms with Gasteiger partial charge in [-0.1, -0.05) is 43.7 Å². The van der Waals surface area contributed by atoms with E-state index in [-0.39, 0.29) is 36.0 Å². The summed E-state index contributed by atoms with van der Waals surface area (Å²) in [6.07, 6.45) is -5.37. The summed E-state index contributed by atoms with van der Waals surface area (Å²) in [6, 6.07) is 13.9. The zero-order valence-corrected chi connectivity index (χ0v) is 27.3. The highest BCUT2D eigenvalue weighted by molar-refractivity contribution is 5.86. The Labute approximate surface area is 276 Å². The molecule has 1 aliphatic rings. The molecule has 0 bridgehead atoms. The Bertz CT molecular complexity index is 1650. The molecule has 1 fully saturated rings. The standard InChI is InChI=1S/C34H38O14/c1-6-7-15-40-31-28(42-17-23-11-9-8-10-12-23)25-14-13-24(16-26(25)47-33(31)39)46-34-32(45-22(5)38)30(44-21(4)37)29(43-20(3)36)27(48-34)18-41-19(2)35/h8-14,16,27,29-30,32,34H,6-7,15,17-18H2,1-5H3/t27-,29-,30+,32+,34+/m1/s1. The van der Waals surface area contributed by atoms with Gasteiger partial charge in [0.25, 0.3) is 0 Å². The van der Waals surface area contributed by atoms with Crippen LogP contribution >= 0.6 is 0 Å². The van der Waals surface area contributed by atoms with Crippen LogP contribution in [0.3, 0.4) is 0 Å². The largest absolute Gasteiger partial charge is 0.484 e. The molecule has 0 amide bonds. The molecule has 48 heavy (non-hydrogen) atoms. The molecule has 0 unspecified atom stereocenters. The van der Waals surface area contributed by atoms with E-state index in [1.807, 2.05) is 37.3 Å². The highest BCUT2D eigenvalue weighted by Gasteiger charge is 2.53. The van der Waals surface area contributed by atoms with E-state index in [0.717, 1.165) is 32.8 Å². The van der Waals surface area contributed by atoms with Crippen molar-refractivity contribution in [2.75, 3.05) is 13.2 Å². The van der Waals surface area contributed by atoms with Crippen molar-refractivity contribution >= 4 is 34.8 Å². The Kier molecular flexibility index (Phi) is 12.4.